The van der Waals surface area contributed by atoms with Crippen LogP contribution in [0.3, 0.4) is 0 Å². The average molecular weight is 343 g/mol. The van der Waals surface area contributed by atoms with E-state index in [9.17, 15) is 4.79 Å². The van der Waals surface area contributed by atoms with Gasteiger partial charge in [-0.25, -0.2) is 0 Å². The monoisotopic (exact) mass is 340 g/mol. The molecule has 0 radical (unpaired) electrons. The van der Waals surface area contributed by atoms with Gasteiger partial charge in [0.15, 0.2) is 0 Å². The van der Waals surface area contributed by atoms with Crippen LogP contribution in [-0.4, -0.2) is 23.4 Å². The maximum Gasteiger partial charge on any atom is 0.341 e. The fourth-order valence-corrected chi connectivity index (χ4v) is 2.70. The van der Waals surface area contributed by atoms with Crippen LogP contribution in [0.2, 0.25) is 6.04 Å². The number of carbonyl (C=O) groups excluding carboxylic acids is 1. The van der Waals surface area contributed by atoms with Crippen molar-refractivity contribution in [1.82, 2.24) is 0 Å². The average Bonchev–Trinajstić information content (AvgIpc) is 2.01. The van der Waals surface area contributed by atoms with Gasteiger partial charge in [-0.05, 0) is 25.8 Å². The summed E-state index contributed by atoms with van der Waals surface area (Å²) in [5.74, 6) is -0.254. The number of unbranched alkanes of at least 4 members (excludes halogenated alkanes) is 1. The lowest BCUT2D eigenvalue weighted by molar-refractivity contribution is -0.142. The minimum atomic E-state index is -2.49. The van der Waals surface area contributed by atoms with Crippen molar-refractivity contribution in [3.8, 4) is 0 Å². The topological polar surface area (TPSA) is 26.3 Å². The molecule has 7 heteroatoms. The standard InChI is InChI=1S/C7H12BrCl3O2Si/c1-6(8)7(12)13-4-2-3-5-14(9,10)11/h6H,2-5H2,1H3. The van der Waals surface area contributed by atoms with Gasteiger partial charge in [-0.3, -0.25) is 4.79 Å². The molecule has 0 saturated carbocycles. The van der Waals surface area contributed by atoms with Crippen molar-refractivity contribution in [2.45, 2.75) is 30.6 Å². The highest BCUT2D eigenvalue weighted by molar-refractivity contribution is 9.10. The number of hydrogen-bond donors (Lipinski definition) is 0. The van der Waals surface area contributed by atoms with Crippen LogP contribution < -0.4 is 0 Å². The Morgan fingerprint density at radius 3 is 2.43 bits per heavy atom. The fraction of sp³-hybridized carbons (Fsp3) is 0.857. The lowest BCUT2D eigenvalue weighted by Gasteiger charge is -2.08. The summed E-state index contributed by atoms with van der Waals surface area (Å²) in [5, 5.41) is 0. The lowest BCUT2D eigenvalue weighted by Crippen LogP contribution is -2.15. The summed E-state index contributed by atoms with van der Waals surface area (Å²) in [7, 11) is 0. The molecule has 0 bridgehead atoms. The first-order chi connectivity index (χ1) is 6.33. The normalized spacial score (nSPS) is 13.8. The van der Waals surface area contributed by atoms with Gasteiger partial charge in [0.25, 0.3) is 0 Å². The predicted octanol–water partition coefficient (Wildman–Crippen LogP) is 3.75. The van der Waals surface area contributed by atoms with Crippen LogP contribution in [0, 0.1) is 0 Å². The minimum Gasteiger partial charge on any atom is -0.465 e. The second-order valence-electron chi connectivity index (χ2n) is 2.86. The first-order valence-corrected chi connectivity index (χ1v) is 10.4. The summed E-state index contributed by atoms with van der Waals surface area (Å²) in [6, 6.07) is -1.88. The molecule has 0 saturated heterocycles. The molecule has 1 atom stereocenters. The molecule has 0 aromatic carbocycles. The fourth-order valence-electron chi connectivity index (χ4n) is 0.715. The van der Waals surface area contributed by atoms with Gasteiger partial charge in [-0.2, -0.15) is 0 Å². The van der Waals surface area contributed by atoms with E-state index in [0.717, 1.165) is 12.8 Å². The van der Waals surface area contributed by atoms with Crippen LogP contribution in [-0.2, 0) is 9.53 Å². The Morgan fingerprint density at radius 1 is 1.43 bits per heavy atom. The molecule has 1 unspecified atom stereocenters. The quantitative estimate of drug-likeness (QED) is 0.242. The molecular formula is C7H12BrCl3O2Si. The summed E-state index contributed by atoms with van der Waals surface area (Å²) < 4.78 is 4.92. The van der Waals surface area contributed by atoms with Gasteiger partial charge in [0.05, 0.1) is 6.61 Å². The maximum atomic E-state index is 11.0. The number of hydrogen-bond acceptors (Lipinski definition) is 2. The van der Waals surface area contributed by atoms with Gasteiger partial charge in [0.2, 0.25) is 0 Å². The molecule has 0 heterocycles. The third-order valence-corrected chi connectivity index (χ3v) is 4.42. The smallest absolute Gasteiger partial charge is 0.341 e. The van der Waals surface area contributed by atoms with Gasteiger partial charge in [0.1, 0.15) is 4.83 Å². The number of alkyl halides is 1. The van der Waals surface area contributed by atoms with E-state index >= 15 is 0 Å². The molecule has 0 fully saturated rings. The molecule has 14 heavy (non-hydrogen) atoms. The van der Waals surface area contributed by atoms with Crippen molar-refractivity contribution in [2.75, 3.05) is 6.61 Å². The number of halogens is 4. The molecule has 0 N–H and O–H groups in total. The summed E-state index contributed by atoms with van der Waals surface area (Å²) >= 11 is 20.1. The zero-order valence-corrected chi connectivity index (χ0v) is 12.6. The first-order valence-electron chi connectivity index (χ1n) is 4.20. The van der Waals surface area contributed by atoms with Crippen LogP contribution in [0.25, 0.3) is 0 Å². The van der Waals surface area contributed by atoms with Gasteiger partial charge in [0, 0.05) is 0 Å². The summed E-state index contributed by atoms with van der Waals surface area (Å²) in [6.07, 6.45) is 1.53. The molecule has 0 aromatic rings. The van der Waals surface area contributed by atoms with Gasteiger partial charge >= 0.3 is 12.0 Å². The molecule has 2 nitrogen and oxygen atoms in total. The van der Waals surface area contributed by atoms with Gasteiger partial charge < -0.3 is 4.74 Å². The van der Waals surface area contributed by atoms with E-state index in [4.69, 9.17) is 38.0 Å². The second-order valence-corrected chi connectivity index (χ2v) is 13.5. The molecule has 0 aliphatic heterocycles. The second kappa shape index (κ2) is 7.33. The number of ether oxygens (including phenoxy) is 1. The van der Waals surface area contributed by atoms with Crippen LogP contribution in [0.5, 0.6) is 0 Å². The van der Waals surface area contributed by atoms with Crippen molar-refractivity contribution in [2.24, 2.45) is 0 Å². The summed E-state index contributed by atoms with van der Waals surface area (Å²) in [4.78, 5) is 10.7. The van der Waals surface area contributed by atoms with E-state index in [1.807, 2.05) is 0 Å². The number of carbonyl (C=O) groups is 1. The van der Waals surface area contributed by atoms with Crippen molar-refractivity contribution in [1.29, 1.82) is 0 Å². The molecule has 0 aromatic heterocycles. The van der Waals surface area contributed by atoms with Crippen LogP contribution >= 0.6 is 49.2 Å². The minimum absolute atomic E-state index is 0.254. The van der Waals surface area contributed by atoms with Gasteiger partial charge in [-0.15, -0.1) is 33.2 Å². The Kier molecular flexibility index (Phi) is 7.88. The molecule has 84 valence electrons. The van der Waals surface area contributed by atoms with E-state index in [1.54, 1.807) is 6.92 Å². The van der Waals surface area contributed by atoms with Crippen molar-refractivity contribution < 1.29 is 9.53 Å². The Labute approximate surface area is 107 Å². The summed E-state index contributed by atoms with van der Waals surface area (Å²) in [6.45, 7) is 2.11. The Hall–Kier alpha value is 1.04. The van der Waals surface area contributed by atoms with E-state index < -0.39 is 6.00 Å². The molecule has 0 rings (SSSR count). The number of rotatable bonds is 6. The Morgan fingerprint density at radius 2 is 2.00 bits per heavy atom. The SMILES string of the molecule is CC(Br)C(=O)OCCCC[Si](Cl)(Cl)Cl. The Balaban J connectivity index is 3.35. The van der Waals surface area contributed by atoms with E-state index in [-0.39, 0.29) is 10.8 Å². The van der Waals surface area contributed by atoms with Crippen LogP contribution in [0.1, 0.15) is 19.8 Å². The third kappa shape index (κ3) is 9.59. The maximum absolute atomic E-state index is 11.0. The van der Waals surface area contributed by atoms with E-state index in [1.165, 1.54) is 0 Å². The third-order valence-electron chi connectivity index (χ3n) is 1.42. The molecule has 0 spiro atoms. The lowest BCUT2D eigenvalue weighted by atomic mass is 10.3. The highest BCUT2D eigenvalue weighted by atomic mass is 79.9. The molecule has 0 amide bonds. The van der Waals surface area contributed by atoms with Gasteiger partial charge in [-0.1, -0.05) is 15.9 Å². The van der Waals surface area contributed by atoms with E-state index in [2.05, 4.69) is 15.9 Å². The predicted molar refractivity (Wildman–Crippen MR) is 66.7 cm³/mol. The zero-order chi connectivity index (χ0) is 11.2. The largest absolute Gasteiger partial charge is 0.465 e. The van der Waals surface area contributed by atoms with E-state index in [0.29, 0.717) is 12.7 Å². The highest BCUT2D eigenvalue weighted by Gasteiger charge is 2.23. The highest BCUT2D eigenvalue weighted by Crippen LogP contribution is 2.26. The zero-order valence-electron chi connectivity index (χ0n) is 7.73. The Bertz CT molecular complexity index is 184. The van der Waals surface area contributed by atoms with Crippen molar-refractivity contribution >= 4 is 61.1 Å². The molecular weight excluding hydrogens is 330 g/mol. The molecule has 0 aliphatic rings. The van der Waals surface area contributed by atoms with Crippen molar-refractivity contribution in [3.63, 3.8) is 0 Å². The van der Waals surface area contributed by atoms with Crippen molar-refractivity contribution in [3.05, 3.63) is 0 Å². The first kappa shape index (κ1) is 15.0. The number of esters is 1. The van der Waals surface area contributed by atoms with Crippen LogP contribution in [0.15, 0.2) is 0 Å². The molecule has 0 aliphatic carbocycles. The van der Waals surface area contributed by atoms with Crippen LogP contribution in [0.4, 0.5) is 0 Å². The summed E-state index contributed by atoms with van der Waals surface area (Å²) in [5.41, 5.74) is 0.